The van der Waals surface area contributed by atoms with Crippen LogP contribution >= 0.6 is 0 Å². The molecule has 0 spiro atoms. The predicted octanol–water partition coefficient (Wildman–Crippen LogP) is 1.22. The first-order chi connectivity index (χ1) is 9.49. The Bertz CT molecular complexity index is 471. The lowest BCUT2D eigenvalue weighted by Crippen LogP contribution is -2.43. The molecule has 1 amide bonds. The molecule has 1 atom stereocenters. The fraction of sp³-hybridized carbons (Fsp3) is 0.429. The number of benzene rings is 1. The molecule has 1 aromatic rings. The van der Waals surface area contributed by atoms with Crippen molar-refractivity contribution in [2.75, 3.05) is 14.2 Å². The molecule has 0 aliphatic carbocycles. The number of carbonyl (C=O) groups is 1. The third kappa shape index (κ3) is 4.15. The van der Waals surface area contributed by atoms with Gasteiger partial charge in [-0.25, -0.2) is 0 Å². The van der Waals surface area contributed by atoms with Crippen LogP contribution in [0.15, 0.2) is 29.4 Å². The van der Waals surface area contributed by atoms with Crippen molar-refractivity contribution in [3.05, 3.63) is 29.8 Å². The summed E-state index contributed by atoms with van der Waals surface area (Å²) in [5.74, 6) is 0.753. The molecule has 0 aliphatic heterocycles. The van der Waals surface area contributed by atoms with Crippen LogP contribution in [0.25, 0.3) is 0 Å². The summed E-state index contributed by atoms with van der Waals surface area (Å²) in [4.78, 5) is 13.5. The Balaban J connectivity index is 2.53. The number of hydrogen-bond acceptors (Lipinski definition) is 4. The monoisotopic (exact) mass is 279 g/mol. The van der Waals surface area contributed by atoms with Crippen molar-refractivity contribution in [1.82, 2.24) is 4.90 Å². The molecule has 110 valence electrons. The van der Waals surface area contributed by atoms with E-state index >= 15 is 0 Å². The van der Waals surface area contributed by atoms with E-state index in [1.54, 1.807) is 21.1 Å². The highest BCUT2D eigenvalue weighted by atomic mass is 16.5. The van der Waals surface area contributed by atoms with E-state index in [0.29, 0.717) is 12.8 Å². The van der Waals surface area contributed by atoms with Crippen molar-refractivity contribution in [3.63, 3.8) is 0 Å². The smallest absolute Gasteiger partial charge is 0.223 e. The summed E-state index contributed by atoms with van der Waals surface area (Å²) in [6.07, 6.45) is 1.00. The van der Waals surface area contributed by atoms with Gasteiger partial charge < -0.3 is 20.6 Å². The third-order valence-corrected chi connectivity index (χ3v) is 3.30. The van der Waals surface area contributed by atoms with Crippen LogP contribution in [0.5, 0.6) is 5.75 Å². The fourth-order valence-electron chi connectivity index (χ4n) is 1.72. The average molecular weight is 279 g/mol. The molecule has 0 aromatic heterocycles. The van der Waals surface area contributed by atoms with Gasteiger partial charge in [0.1, 0.15) is 5.75 Å². The van der Waals surface area contributed by atoms with Crippen LogP contribution in [0.2, 0.25) is 0 Å². The van der Waals surface area contributed by atoms with Crippen molar-refractivity contribution in [1.29, 1.82) is 0 Å². The first kappa shape index (κ1) is 15.8. The quantitative estimate of drug-likeness (QED) is 0.355. The van der Waals surface area contributed by atoms with E-state index in [0.717, 1.165) is 11.3 Å². The fourth-order valence-corrected chi connectivity index (χ4v) is 1.72. The van der Waals surface area contributed by atoms with E-state index in [2.05, 4.69) is 5.16 Å². The lowest BCUT2D eigenvalue weighted by Gasteiger charge is -2.23. The Labute approximate surface area is 118 Å². The number of rotatable bonds is 6. The van der Waals surface area contributed by atoms with Crippen molar-refractivity contribution >= 4 is 11.7 Å². The van der Waals surface area contributed by atoms with Gasteiger partial charge in [-0.05, 0) is 31.0 Å². The molecule has 20 heavy (non-hydrogen) atoms. The number of nitrogens with zero attached hydrogens (tertiary/aromatic N) is 2. The molecule has 0 saturated carbocycles. The van der Waals surface area contributed by atoms with Gasteiger partial charge >= 0.3 is 0 Å². The maximum absolute atomic E-state index is 12.0. The van der Waals surface area contributed by atoms with Crippen molar-refractivity contribution in [2.24, 2.45) is 10.9 Å². The second-order valence-electron chi connectivity index (χ2n) is 4.55. The molecule has 0 saturated heterocycles. The van der Waals surface area contributed by atoms with E-state index in [1.807, 2.05) is 24.3 Å². The Morgan fingerprint density at radius 2 is 2.05 bits per heavy atom. The second kappa shape index (κ2) is 7.37. The molecule has 6 nitrogen and oxygen atoms in total. The van der Waals surface area contributed by atoms with Crippen molar-refractivity contribution < 1.29 is 14.7 Å². The predicted molar refractivity (Wildman–Crippen MR) is 77.0 cm³/mol. The molecule has 1 unspecified atom stereocenters. The minimum Gasteiger partial charge on any atom is -0.497 e. The van der Waals surface area contributed by atoms with Gasteiger partial charge in [0.25, 0.3) is 0 Å². The molecule has 0 heterocycles. The topological polar surface area (TPSA) is 88.2 Å². The van der Waals surface area contributed by atoms with Crippen molar-refractivity contribution in [2.45, 2.75) is 25.8 Å². The minimum absolute atomic E-state index is 0.0188. The van der Waals surface area contributed by atoms with E-state index < -0.39 is 6.04 Å². The molecule has 0 bridgehead atoms. The number of aryl methyl sites for hydroxylation is 1. The molecule has 0 aliphatic rings. The van der Waals surface area contributed by atoms with Gasteiger partial charge in [-0.3, -0.25) is 4.79 Å². The average Bonchev–Trinajstić information content (AvgIpc) is 2.50. The first-order valence-corrected chi connectivity index (χ1v) is 6.35. The lowest BCUT2D eigenvalue weighted by molar-refractivity contribution is -0.130. The zero-order valence-corrected chi connectivity index (χ0v) is 12.0. The Kier molecular flexibility index (Phi) is 5.83. The van der Waals surface area contributed by atoms with Gasteiger partial charge in [0, 0.05) is 13.5 Å². The molecular formula is C14H21N3O3. The van der Waals surface area contributed by atoms with E-state index in [4.69, 9.17) is 15.7 Å². The molecule has 0 fully saturated rings. The van der Waals surface area contributed by atoms with E-state index in [1.165, 1.54) is 4.90 Å². The van der Waals surface area contributed by atoms with Crippen LogP contribution in [0.1, 0.15) is 18.9 Å². The highest BCUT2D eigenvalue weighted by Gasteiger charge is 2.18. The van der Waals surface area contributed by atoms with Crippen LogP contribution in [-0.2, 0) is 11.2 Å². The largest absolute Gasteiger partial charge is 0.497 e. The Morgan fingerprint density at radius 3 is 2.55 bits per heavy atom. The number of hydrogen-bond donors (Lipinski definition) is 2. The summed E-state index contributed by atoms with van der Waals surface area (Å²) in [5.41, 5.74) is 6.55. The number of ether oxygens (including phenoxy) is 1. The van der Waals surface area contributed by atoms with Crippen LogP contribution in [0.3, 0.4) is 0 Å². The molecule has 1 aromatic carbocycles. The molecule has 0 radical (unpaired) electrons. The van der Waals surface area contributed by atoms with Gasteiger partial charge in [-0.2, -0.15) is 0 Å². The first-order valence-electron chi connectivity index (χ1n) is 6.35. The van der Waals surface area contributed by atoms with Gasteiger partial charge in [0.2, 0.25) is 5.91 Å². The number of methoxy groups -OCH3 is 1. The maximum atomic E-state index is 12.0. The minimum atomic E-state index is -0.427. The third-order valence-electron chi connectivity index (χ3n) is 3.30. The van der Waals surface area contributed by atoms with Gasteiger partial charge in [-0.15, -0.1) is 0 Å². The normalized spacial score (nSPS) is 12.8. The maximum Gasteiger partial charge on any atom is 0.223 e. The van der Waals surface area contributed by atoms with Gasteiger partial charge in [0.05, 0.1) is 13.2 Å². The van der Waals surface area contributed by atoms with E-state index in [-0.39, 0.29) is 11.7 Å². The van der Waals surface area contributed by atoms with Crippen LogP contribution in [0.4, 0.5) is 0 Å². The molecule has 6 heteroatoms. The summed E-state index contributed by atoms with van der Waals surface area (Å²) in [7, 11) is 3.25. The highest BCUT2D eigenvalue weighted by molar-refractivity contribution is 5.89. The summed E-state index contributed by atoms with van der Waals surface area (Å²) < 4.78 is 5.08. The summed E-state index contributed by atoms with van der Waals surface area (Å²) in [6, 6.07) is 7.16. The number of oxime groups is 1. The zero-order chi connectivity index (χ0) is 15.1. The number of likely N-dealkylation sites (N-methyl/N-ethyl adjacent to an activating group) is 1. The number of amides is 1. The SMILES string of the molecule is COc1ccc(CCC(=O)N(C)C(C)C(N)=NO)cc1. The highest BCUT2D eigenvalue weighted by Crippen LogP contribution is 2.13. The van der Waals surface area contributed by atoms with Gasteiger partial charge in [-0.1, -0.05) is 17.3 Å². The Morgan fingerprint density at radius 1 is 1.45 bits per heavy atom. The molecule has 3 N–H and O–H groups in total. The van der Waals surface area contributed by atoms with Crippen molar-refractivity contribution in [3.8, 4) is 5.75 Å². The molecule has 1 rings (SSSR count). The number of nitrogens with two attached hydrogens (primary N) is 1. The summed E-state index contributed by atoms with van der Waals surface area (Å²) in [5, 5.41) is 11.5. The van der Waals surface area contributed by atoms with Crippen LogP contribution in [0, 0.1) is 0 Å². The molecular weight excluding hydrogens is 258 g/mol. The summed E-state index contributed by atoms with van der Waals surface area (Å²) in [6.45, 7) is 1.71. The summed E-state index contributed by atoms with van der Waals surface area (Å²) >= 11 is 0. The van der Waals surface area contributed by atoms with E-state index in [9.17, 15) is 4.79 Å². The number of carbonyl (C=O) groups excluding carboxylic acids is 1. The number of amidine groups is 1. The zero-order valence-electron chi connectivity index (χ0n) is 12.0. The van der Waals surface area contributed by atoms with Crippen LogP contribution < -0.4 is 10.5 Å². The standard InChI is InChI=1S/C14H21N3O3/c1-10(14(15)16-19)17(2)13(18)9-6-11-4-7-12(20-3)8-5-11/h4-5,7-8,10,19H,6,9H2,1-3H3,(H2,15,16). The lowest BCUT2D eigenvalue weighted by atomic mass is 10.1. The van der Waals surface area contributed by atoms with Crippen LogP contribution in [-0.4, -0.2) is 42.0 Å². The Hall–Kier alpha value is -2.24. The second-order valence-corrected chi connectivity index (χ2v) is 4.55. The van der Waals surface area contributed by atoms with Gasteiger partial charge in [0.15, 0.2) is 5.84 Å².